The van der Waals surface area contributed by atoms with Gasteiger partial charge < -0.3 is 20.3 Å². The number of benzene rings is 2. The van der Waals surface area contributed by atoms with E-state index >= 15 is 0 Å². The molecular weight excluding hydrogens is 531 g/mol. The molecule has 3 aromatic rings. The highest BCUT2D eigenvalue weighted by molar-refractivity contribution is 6.31. The molecule has 2 N–H and O–H groups in total. The van der Waals surface area contributed by atoms with Gasteiger partial charge >= 0.3 is 0 Å². The van der Waals surface area contributed by atoms with Crippen LogP contribution < -0.4 is 10.6 Å². The number of morpholine rings is 1. The van der Waals surface area contributed by atoms with Crippen LogP contribution in [0, 0.1) is 17.2 Å². The third-order valence-corrected chi connectivity index (χ3v) is 9.00. The Labute approximate surface area is 238 Å². The van der Waals surface area contributed by atoms with Crippen LogP contribution in [0.5, 0.6) is 0 Å². The second-order valence-corrected chi connectivity index (χ2v) is 11.7. The van der Waals surface area contributed by atoms with E-state index in [1.165, 1.54) is 18.8 Å². The highest BCUT2D eigenvalue weighted by Crippen LogP contribution is 2.65. The number of hydrogen-bond acceptors (Lipinski definition) is 7. The van der Waals surface area contributed by atoms with E-state index in [1.807, 2.05) is 12.1 Å². The Morgan fingerprint density at radius 1 is 1.27 bits per heavy atom. The molecular formula is C30H34ClFN6O2. The molecule has 6 rings (SSSR count). The van der Waals surface area contributed by atoms with Gasteiger partial charge in [0, 0.05) is 49.9 Å². The summed E-state index contributed by atoms with van der Waals surface area (Å²) in [6.45, 7) is 8.24. The topological polar surface area (TPSA) is 82.6 Å². The van der Waals surface area contributed by atoms with Gasteiger partial charge in [-0.15, -0.1) is 0 Å². The first-order chi connectivity index (χ1) is 19.3. The van der Waals surface area contributed by atoms with E-state index in [-0.39, 0.29) is 28.0 Å². The molecule has 0 bridgehead atoms. The average molecular weight is 565 g/mol. The van der Waals surface area contributed by atoms with Gasteiger partial charge in [-0.1, -0.05) is 30.7 Å². The number of carbonyl (C=O) groups excluding carboxylic acids is 1. The summed E-state index contributed by atoms with van der Waals surface area (Å²) in [5, 5.41) is 6.92. The molecule has 1 saturated carbocycles. The number of ether oxygens (including phenoxy) is 1. The molecule has 1 aromatic heterocycles. The Bertz CT molecular complexity index is 1460. The molecule has 3 heterocycles. The van der Waals surface area contributed by atoms with E-state index in [4.69, 9.17) is 16.3 Å². The minimum absolute atomic E-state index is 0.0241. The molecule has 10 heteroatoms. The number of nitrogens with zero attached hydrogens (tertiary/aromatic N) is 4. The fraction of sp³-hybridized carbons (Fsp3) is 0.433. The zero-order valence-electron chi connectivity index (χ0n) is 22.8. The number of rotatable bonds is 8. The van der Waals surface area contributed by atoms with E-state index in [1.54, 1.807) is 18.2 Å². The minimum Gasteiger partial charge on any atom is -0.379 e. The quantitative estimate of drug-likeness (QED) is 0.371. The summed E-state index contributed by atoms with van der Waals surface area (Å²) in [5.41, 5.74) is 2.92. The maximum Gasteiger partial charge on any atom is 0.248 e. The number of likely N-dealkylation sites (tertiary alicyclic amines) is 1. The smallest absolute Gasteiger partial charge is 0.248 e. The fourth-order valence-corrected chi connectivity index (χ4v) is 6.61. The SMILES string of the molecule is CC(c1cc2ncnc(Nc3cccc(Cl)c3F)c2cc1NC(=O)/C=C/CN1CCOCC1)[C@@]12C[C@@H]1CN(C)C2. The monoisotopic (exact) mass is 564 g/mol. The molecule has 3 atom stereocenters. The highest BCUT2D eigenvalue weighted by Gasteiger charge is 2.62. The second-order valence-electron chi connectivity index (χ2n) is 11.3. The minimum atomic E-state index is -0.552. The number of nitrogens with one attached hydrogen (secondary N) is 2. The van der Waals surface area contributed by atoms with Crippen molar-refractivity contribution in [3.63, 3.8) is 0 Å². The summed E-state index contributed by atoms with van der Waals surface area (Å²) in [4.78, 5) is 26.7. The highest BCUT2D eigenvalue weighted by atomic mass is 35.5. The van der Waals surface area contributed by atoms with Crippen molar-refractivity contribution in [3.05, 3.63) is 65.2 Å². The van der Waals surface area contributed by atoms with E-state index < -0.39 is 5.82 Å². The third kappa shape index (κ3) is 5.31. The third-order valence-electron chi connectivity index (χ3n) is 8.71. The lowest BCUT2D eigenvalue weighted by molar-refractivity contribution is -0.111. The van der Waals surface area contributed by atoms with E-state index in [2.05, 4.69) is 50.4 Å². The predicted molar refractivity (Wildman–Crippen MR) is 156 cm³/mol. The summed E-state index contributed by atoms with van der Waals surface area (Å²) < 4.78 is 20.1. The largest absolute Gasteiger partial charge is 0.379 e. The maximum absolute atomic E-state index is 14.7. The normalized spacial score (nSPS) is 23.9. The summed E-state index contributed by atoms with van der Waals surface area (Å²) in [6.07, 6.45) is 6.14. The van der Waals surface area contributed by atoms with Gasteiger partial charge in [-0.25, -0.2) is 14.4 Å². The average Bonchev–Trinajstić information content (AvgIpc) is 3.52. The van der Waals surface area contributed by atoms with Crippen LogP contribution in [-0.2, 0) is 9.53 Å². The molecule has 2 aliphatic heterocycles. The van der Waals surface area contributed by atoms with Crippen LogP contribution in [0.3, 0.4) is 0 Å². The molecule has 2 saturated heterocycles. The van der Waals surface area contributed by atoms with Gasteiger partial charge in [-0.3, -0.25) is 9.69 Å². The van der Waals surface area contributed by atoms with Crippen molar-refractivity contribution in [2.75, 3.05) is 63.6 Å². The van der Waals surface area contributed by atoms with Gasteiger partial charge in [0.15, 0.2) is 5.82 Å². The number of anilines is 3. The first kappa shape index (κ1) is 27.1. The lowest BCUT2D eigenvalue weighted by Gasteiger charge is -2.26. The number of carbonyl (C=O) groups is 1. The van der Waals surface area contributed by atoms with Crippen molar-refractivity contribution in [2.24, 2.45) is 11.3 Å². The Kier molecular flexibility index (Phi) is 7.48. The van der Waals surface area contributed by atoms with Gasteiger partial charge in [0.2, 0.25) is 5.91 Å². The van der Waals surface area contributed by atoms with E-state index in [0.29, 0.717) is 36.9 Å². The lowest BCUT2D eigenvalue weighted by atomic mass is 9.82. The Morgan fingerprint density at radius 3 is 2.88 bits per heavy atom. The van der Waals surface area contributed by atoms with Crippen molar-refractivity contribution in [3.8, 4) is 0 Å². The number of hydrogen-bond donors (Lipinski definition) is 2. The molecule has 8 nitrogen and oxygen atoms in total. The second kappa shape index (κ2) is 11.0. The molecule has 3 fully saturated rings. The molecule has 210 valence electrons. The molecule has 1 unspecified atom stereocenters. The predicted octanol–water partition coefficient (Wildman–Crippen LogP) is 5.05. The Balaban J connectivity index is 1.33. The number of fused-ring (bicyclic) bond motifs is 2. The molecule has 40 heavy (non-hydrogen) atoms. The number of piperidine rings is 1. The van der Waals surface area contributed by atoms with Gasteiger partial charge in [0.25, 0.3) is 0 Å². The van der Waals surface area contributed by atoms with Crippen molar-refractivity contribution in [1.82, 2.24) is 19.8 Å². The number of halogens is 2. The molecule has 0 radical (unpaired) electrons. The van der Waals surface area contributed by atoms with Crippen LogP contribution >= 0.6 is 11.6 Å². The number of amides is 1. The fourth-order valence-electron chi connectivity index (χ4n) is 6.44. The van der Waals surface area contributed by atoms with E-state index in [9.17, 15) is 9.18 Å². The first-order valence-electron chi connectivity index (χ1n) is 13.8. The zero-order chi connectivity index (χ0) is 27.9. The van der Waals surface area contributed by atoms with Gasteiger partial charge in [-0.2, -0.15) is 0 Å². The van der Waals surface area contributed by atoms with E-state index in [0.717, 1.165) is 42.9 Å². The van der Waals surface area contributed by atoms with Gasteiger partial charge in [0.05, 0.1) is 29.4 Å². The van der Waals surface area contributed by atoms with Gasteiger partial charge in [0.1, 0.15) is 12.1 Å². The van der Waals surface area contributed by atoms with Crippen LogP contribution in [0.25, 0.3) is 10.9 Å². The lowest BCUT2D eigenvalue weighted by Crippen LogP contribution is -2.36. The molecule has 1 aliphatic carbocycles. The molecule has 3 aliphatic rings. The molecule has 0 spiro atoms. The van der Waals surface area contributed by atoms with Crippen molar-refractivity contribution in [2.45, 2.75) is 19.3 Å². The van der Waals surface area contributed by atoms with Crippen LogP contribution in [0.1, 0.15) is 24.8 Å². The standard InChI is InChI=1S/C30H34ClFN6O2/c1-19(30-15-20(30)16-37(2)17-30)21-13-25-22(29(34-18-33-25)36-24-6-3-5-23(31)28(24)32)14-26(21)35-27(39)7-4-8-38-9-11-40-12-10-38/h3-7,13-14,18-20H,8-12,15-17H2,1-2H3,(H,35,39)(H,33,34,36)/b7-4+/t19?,20-,30+/m1/s1. The zero-order valence-corrected chi connectivity index (χ0v) is 23.5. The molecule has 1 amide bonds. The summed E-state index contributed by atoms with van der Waals surface area (Å²) >= 11 is 6.00. The summed E-state index contributed by atoms with van der Waals surface area (Å²) in [6, 6.07) is 8.74. The number of aromatic nitrogens is 2. The summed E-state index contributed by atoms with van der Waals surface area (Å²) in [5.74, 6) is 0.572. The van der Waals surface area contributed by atoms with Crippen LogP contribution in [0.15, 0.2) is 48.8 Å². The molecule has 2 aromatic carbocycles. The first-order valence-corrected chi connectivity index (χ1v) is 14.2. The Hall–Kier alpha value is -3.11. The van der Waals surface area contributed by atoms with Gasteiger partial charge in [-0.05, 0) is 60.5 Å². The van der Waals surface area contributed by atoms with Crippen LogP contribution in [0.2, 0.25) is 5.02 Å². The van der Waals surface area contributed by atoms with Crippen molar-refractivity contribution < 1.29 is 13.9 Å². The van der Waals surface area contributed by atoms with Crippen LogP contribution in [-0.4, -0.2) is 78.7 Å². The van der Waals surface area contributed by atoms with Crippen molar-refractivity contribution >= 4 is 45.6 Å². The Morgan fingerprint density at radius 2 is 2.10 bits per heavy atom. The summed E-state index contributed by atoms with van der Waals surface area (Å²) in [7, 11) is 2.17. The van der Waals surface area contributed by atoms with Crippen LogP contribution in [0.4, 0.5) is 21.6 Å². The van der Waals surface area contributed by atoms with Crippen molar-refractivity contribution in [1.29, 1.82) is 0 Å². The maximum atomic E-state index is 14.7.